The highest BCUT2D eigenvalue weighted by Gasteiger charge is 2.41. The summed E-state index contributed by atoms with van der Waals surface area (Å²) in [6.45, 7) is 2.78. The van der Waals surface area contributed by atoms with E-state index in [2.05, 4.69) is 12.2 Å². The Hall–Kier alpha value is -2.00. The molecule has 0 aliphatic heterocycles. The zero-order valence-corrected chi connectivity index (χ0v) is 16.0. The smallest absolute Gasteiger partial charge is 0.235 e. The van der Waals surface area contributed by atoms with Gasteiger partial charge in [0.2, 0.25) is 5.91 Å². The molecule has 0 atom stereocenters. The quantitative estimate of drug-likeness (QED) is 0.679. The maximum absolute atomic E-state index is 13.3. The number of benzene rings is 2. The number of rotatable bonds is 6. The first-order valence-corrected chi connectivity index (χ1v) is 9.82. The summed E-state index contributed by atoms with van der Waals surface area (Å²) >= 11 is 6.04. The average Bonchev–Trinajstić information content (AvgIpc) is 2.68. The molecule has 1 saturated carbocycles. The molecule has 1 N–H and O–H groups in total. The highest BCUT2D eigenvalue weighted by molar-refractivity contribution is 6.30. The van der Waals surface area contributed by atoms with Crippen LogP contribution in [-0.2, 0) is 10.2 Å². The Morgan fingerprint density at radius 3 is 2.31 bits per heavy atom. The largest absolute Gasteiger partial charge is 0.494 e. The summed E-state index contributed by atoms with van der Waals surface area (Å²) in [6, 6.07) is 15.4. The van der Waals surface area contributed by atoms with Crippen molar-refractivity contribution in [2.75, 3.05) is 11.9 Å². The molecule has 0 unspecified atom stereocenters. The molecule has 0 bridgehead atoms. The summed E-state index contributed by atoms with van der Waals surface area (Å²) in [5.41, 5.74) is 1.39. The minimum absolute atomic E-state index is 0.0711. The zero-order chi connectivity index (χ0) is 18.4. The van der Waals surface area contributed by atoms with Crippen molar-refractivity contribution in [2.45, 2.75) is 50.9 Å². The van der Waals surface area contributed by atoms with Crippen LogP contribution < -0.4 is 10.1 Å². The first kappa shape index (κ1) is 18.8. The molecule has 0 heterocycles. The van der Waals surface area contributed by atoms with Crippen molar-refractivity contribution in [3.05, 3.63) is 59.1 Å². The second kappa shape index (κ2) is 8.59. The fourth-order valence-electron chi connectivity index (χ4n) is 3.68. The van der Waals surface area contributed by atoms with Gasteiger partial charge in [0, 0.05) is 10.7 Å². The van der Waals surface area contributed by atoms with Crippen LogP contribution in [0.25, 0.3) is 0 Å². The Balaban J connectivity index is 1.78. The first-order valence-electron chi connectivity index (χ1n) is 9.44. The fraction of sp³-hybridized carbons (Fsp3) is 0.409. The number of carbonyl (C=O) groups excluding carboxylic acids is 1. The highest BCUT2D eigenvalue weighted by Crippen LogP contribution is 2.41. The van der Waals surface area contributed by atoms with Crippen molar-refractivity contribution in [1.29, 1.82) is 0 Å². The number of hydrogen-bond donors (Lipinski definition) is 1. The number of amides is 1. The average molecular weight is 372 g/mol. The van der Waals surface area contributed by atoms with Gasteiger partial charge in [-0.25, -0.2) is 0 Å². The standard InChI is InChI=1S/C22H26ClNO2/c1-2-16-26-20-12-10-19(11-13-20)24-21(25)22(14-4-3-5-15-22)17-6-8-18(23)9-7-17/h6-13H,2-5,14-16H2,1H3,(H,24,25). The van der Waals surface area contributed by atoms with E-state index in [0.717, 1.165) is 49.1 Å². The molecule has 2 aromatic rings. The zero-order valence-electron chi connectivity index (χ0n) is 15.3. The SMILES string of the molecule is CCCOc1ccc(NC(=O)C2(c3ccc(Cl)cc3)CCCCC2)cc1. The van der Waals surface area contributed by atoms with Gasteiger partial charge in [0.05, 0.1) is 12.0 Å². The van der Waals surface area contributed by atoms with Crippen LogP contribution in [0.15, 0.2) is 48.5 Å². The lowest BCUT2D eigenvalue weighted by Crippen LogP contribution is -2.42. The minimum Gasteiger partial charge on any atom is -0.494 e. The van der Waals surface area contributed by atoms with E-state index in [4.69, 9.17) is 16.3 Å². The number of carbonyl (C=O) groups is 1. The van der Waals surface area contributed by atoms with Gasteiger partial charge in [-0.1, -0.05) is 49.9 Å². The van der Waals surface area contributed by atoms with Gasteiger partial charge >= 0.3 is 0 Å². The topological polar surface area (TPSA) is 38.3 Å². The van der Waals surface area contributed by atoms with Crippen molar-refractivity contribution in [3.63, 3.8) is 0 Å². The molecule has 4 heteroatoms. The molecule has 2 aromatic carbocycles. The van der Waals surface area contributed by atoms with Crippen molar-refractivity contribution in [2.24, 2.45) is 0 Å². The summed E-state index contributed by atoms with van der Waals surface area (Å²) in [4.78, 5) is 13.3. The van der Waals surface area contributed by atoms with Gasteiger partial charge in [-0.05, 0) is 61.2 Å². The van der Waals surface area contributed by atoms with Crippen molar-refractivity contribution < 1.29 is 9.53 Å². The summed E-state index contributed by atoms with van der Waals surface area (Å²) in [5.74, 6) is 0.900. The van der Waals surface area contributed by atoms with E-state index in [1.807, 2.05) is 48.5 Å². The fourth-order valence-corrected chi connectivity index (χ4v) is 3.80. The van der Waals surface area contributed by atoms with Crippen molar-refractivity contribution in [1.82, 2.24) is 0 Å². The van der Waals surface area contributed by atoms with E-state index in [1.54, 1.807) is 0 Å². The maximum Gasteiger partial charge on any atom is 0.235 e. The normalized spacial score (nSPS) is 16.1. The Morgan fingerprint density at radius 1 is 1.04 bits per heavy atom. The first-order chi connectivity index (χ1) is 12.6. The van der Waals surface area contributed by atoms with E-state index in [0.29, 0.717) is 11.6 Å². The van der Waals surface area contributed by atoms with Crippen molar-refractivity contribution >= 4 is 23.2 Å². The van der Waals surface area contributed by atoms with E-state index in [1.165, 1.54) is 6.42 Å². The van der Waals surface area contributed by atoms with E-state index < -0.39 is 5.41 Å². The Bertz CT molecular complexity index is 719. The second-order valence-electron chi connectivity index (χ2n) is 6.98. The molecular weight excluding hydrogens is 346 g/mol. The predicted octanol–water partition coefficient (Wildman–Crippen LogP) is 5.97. The van der Waals surface area contributed by atoms with E-state index in [-0.39, 0.29) is 5.91 Å². The number of hydrogen-bond acceptors (Lipinski definition) is 2. The molecule has 3 nitrogen and oxygen atoms in total. The molecular formula is C22H26ClNO2. The third-order valence-corrected chi connectivity index (χ3v) is 5.38. The van der Waals surface area contributed by atoms with Crippen molar-refractivity contribution in [3.8, 4) is 5.75 Å². The van der Waals surface area contributed by atoms with Crippen LogP contribution in [0, 0.1) is 0 Å². The molecule has 26 heavy (non-hydrogen) atoms. The van der Waals surface area contributed by atoms with Gasteiger partial charge in [-0.2, -0.15) is 0 Å². The lowest BCUT2D eigenvalue weighted by molar-refractivity contribution is -0.122. The van der Waals surface area contributed by atoms with Crippen LogP contribution in [0.3, 0.4) is 0 Å². The van der Waals surface area contributed by atoms with Gasteiger partial charge in [-0.15, -0.1) is 0 Å². The Morgan fingerprint density at radius 2 is 1.69 bits per heavy atom. The molecule has 1 fully saturated rings. The van der Waals surface area contributed by atoms with Crippen LogP contribution in [0.1, 0.15) is 51.0 Å². The lowest BCUT2D eigenvalue weighted by atomic mass is 9.68. The lowest BCUT2D eigenvalue weighted by Gasteiger charge is -2.36. The third kappa shape index (κ3) is 4.21. The van der Waals surface area contributed by atoms with Crippen LogP contribution in [0.4, 0.5) is 5.69 Å². The highest BCUT2D eigenvalue weighted by atomic mass is 35.5. The van der Waals surface area contributed by atoms with Crippen LogP contribution in [0.5, 0.6) is 5.75 Å². The Labute approximate surface area is 160 Å². The molecule has 0 radical (unpaired) electrons. The van der Waals surface area contributed by atoms with Gasteiger partial charge in [0.25, 0.3) is 0 Å². The Kier molecular flexibility index (Phi) is 6.20. The number of nitrogens with one attached hydrogen (secondary N) is 1. The summed E-state index contributed by atoms with van der Waals surface area (Å²) in [7, 11) is 0. The number of halogens is 1. The molecule has 0 aromatic heterocycles. The maximum atomic E-state index is 13.3. The van der Waals surface area contributed by atoms with Gasteiger partial charge in [0.15, 0.2) is 0 Å². The molecule has 1 aliphatic carbocycles. The van der Waals surface area contributed by atoms with E-state index in [9.17, 15) is 4.79 Å². The molecule has 0 spiro atoms. The summed E-state index contributed by atoms with van der Waals surface area (Å²) in [6.07, 6.45) is 6.05. The molecule has 0 saturated heterocycles. The number of anilines is 1. The third-order valence-electron chi connectivity index (χ3n) is 5.12. The van der Waals surface area contributed by atoms with Crippen LogP contribution in [0.2, 0.25) is 5.02 Å². The molecule has 1 aliphatic rings. The van der Waals surface area contributed by atoms with E-state index >= 15 is 0 Å². The van der Waals surface area contributed by atoms with Gasteiger partial charge in [0.1, 0.15) is 5.75 Å². The number of ether oxygens (including phenoxy) is 1. The predicted molar refractivity (Wildman–Crippen MR) is 107 cm³/mol. The summed E-state index contributed by atoms with van der Waals surface area (Å²) in [5, 5.41) is 3.82. The van der Waals surface area contributed by atoms with Crippen LogP contribution >= 0.6 is 11.6 Å². The second-order valence-corrected chi connectivity index (χ2v) is 7.41. The summed E-state index contributed by atoms with van der Waals surface area (Å²) < 4.78 is 5.61. The van der Waals surface area contributed by atoms with Crippen LogP contribution in [-0.4, -0.2) is 12.5 Å². The molecule has 3 rings (SSSR count). The van der Waals surface area contributed by atoms with Gasteiger partial charge in [-0.3, -0.25) is 4.79 Å². The minimum atomic E-state index is -0.472. The molecule has 1 amide bonds. The van der Waals surface area contributed by atoms with Gasteiger partial charge < -0.3 is 10.1 Å². The molecule has 138 valence electrons. The monoisotopic (exact) mass is 371 g/mol.